The molecule has 6 heteroatoms. The third-order valence-corrected chi connectivity index (χ3v) is 3.16. The number of hydrogen-bond acceptors (Lipinski definition) is 4. The molecule has 2 atom stereocenters. The molecule has 6 nitrogen and oxygen atoms in total. The normalized spacial score (nSPS) is 20.8. The van der Waals surface area contributed by atoms with E-state index in [-0.39, 0.29) is 6.42 Å². The predicted octanol–water partition coefficient (Wildman–Crippen LogP) is 0.306. The van der Waals surface area contributed by atoms with Gasteiger partial charge in [-0.25, -0.2) is 0 Å². The number of carboxylic acids is 2. The number of ether oxygens (including phenoxy) is 1. The van der Waals surface area contributed by atoms with E-state index in [0.29, 0.717) is 25.6 Å². The Balaban J connectivity index is 2.47. The zero-order chi connectivity index (χ0) is 12.8. The summed E-state index contributed by atoms with van der Waals surface area (Å²) in [4.78, 5) is 21.7. The second-order valence-corrected chi connectivity index (χ2v) is 4.51. The zero-order valence-corrected chi connectivity index (χ0v) is 9.67. The molecule has 0 spiro atoms. The Morgan fingerprint density at radius 2 is 1.82 bits per heavy atom. The van der Waals surface area contributed by atoms with Crippen molar-refractivity contribution in [3.63, 3.8) is 0 Å². The number of hydrogen-bond donors (Lipinski definition) is 3. The molecule has 1 saturated heterocycles. The largest absolute Gasteiger partial charge is 0.481 e. The molecule has 0 aromatic carbocycles. The van der Waals surface area contributed by atoms with E-state index in [1.807, 2.05) is 0 Å². The first kappa shape index (κ1) is 13.9. The Kier molecular flexibility index (Phi) is 5.37. The highest BCUT2D eigenvalue weighted by atomic mass is 16.5. The maximum absolute atomic E-state index is 11.1. The van der Waals surface area contributed by atoms with Crippen molar-refractivity contribution in [1.82, 2.24) is 0 Å². The molecule has 98 valence electrons. The van der Waals surface area contributed by atoms with Gasteiger partial charge in [0.25, 0.3) is 0 Å². The van der Waals surface area contributed by atoms with Gasteiger partial charge in [0.1, 0.15) is 6.04 Å². The lowest BCUT2D eigenvalue weighted by Gasteiger charge is -2.25. The summed E-state index contributed by atoms with van der Waals surface area (Å²) in [7, 11) is 0. The highest BCUT2D eigenvalue weighted by Gasteiger charge is 2.28. The van der Waals surface area contributed by atoms with Gasteiger partial charge in [0.05, 0.1) is 5.92 Å². The summed E-state index contributed by atoms with van der Waals surface area (Å²) >= 11 is 0. The Morgan fingerprint density at radius 3 is 2.29 bits per heavy atom. The van der Waals surface area contributed by atoms with Crippen LogP contribution in [0, 0.1) is 11.8 Å². The molecule has 0 aromatic rings. The summed E-state index contributed by atoms with van der Waals surface area (Å²) in [5.74, 6) is -2.49. The molecule has 1 fully saturated rings. The molecule has 17 heavy (non-hydrogen) atoms. The molecule has 0 unspecified atom stereocenters. The maximum atomic E-state index is 11.1. The van der Waals surface area contributed by atoms with Crippen LogP contribution in [0.5, 0.6) is 0 Å². The standard InChI is InChI=1S/C11H19NO5/c12-9(11(15)16)6-8(10(13)14)5-7-1-3-17-4-2-7/h7-9H,1-6,12H2,(H,13,14)(H,15,16)/t8-,9-/m0/s1. The number of aliphatic carboxylic acids is 2. The summed E-state index contributed by atoms with van der Waals surface area (Å²) in [5.41, 5.74) is 5.37. The fourth-order valence-corrected chi connectivity index (χ4v) is 2.09. The molecule has 0 amide bonds. The van der Waals surface area contributed by atoms with Crippen LogP contribution in [0.1, 0.15) is 25.7 Å². The van der Waals surface area contributed by atoms with Crippen molar-refractivity contribution < 1.29 is 24.5 Å². The first-order valence-corrected chi connectivity index (χ1v) is 5.79. The molecule has 1 rings (SSSR count). The van der Waals surface area contributed by atoms with Gasteiger partial charge < -0.3 is 20.7 Å². The third-order valence-electron chi connectivity index (χ3n) is 3.16. The van der Waals surface area contributed by atoms with Crippen LogP contribution in [0.4, 0.5) is 0 Å². The molecular weight excluding hydrogens is 226 g/mol. The van der Waals surface area contributed by atoms with Crippen molar-refractivity contribution >= 4 is 11.9 Å². The molecule has 1 aliphatic heterocycles. The van der Waals surface area contributed by atoms with Crippen LogP contribution in [0.2, 0.25) is 0 Å². The van der Waals surface area contributed by atoms with Crippen molar-refractivity contribution in [2.45, 2.75) is 31.7 Å². The van der Waals surface area contributed by atoms with Crippen molar-refractivity contribution in [2.75, 3.05) is 13.2 Å². The fourth-order valence-electron chi connectivity index (χ4n) is 2.09. The first-order valence-electron chi connectivity index (χ1n) is 5.79. The monoisotopic (exact) mass is 245 g/mol. The molecule has 4 N–H and O–H groups in total. The van der Waals surface area contributed by atoms with E-state index in [9.17, 15) is 9.59 Å². The van der Waals surface area contributed by atoms with Crippen LogP contribution in [-0.2, 0) is 14.3 Å². The van der Waals surface area contributed by atoms with Crippen LogP contribution < -0.4 is 5.73 Å². The van der Waals surface area contributed by atoms with Crippen molar-refractivity contribution in [3.8, 4) is 0 Å². The topological polar surface area (TPSA) is 110 Å². The maximum Gasteiger partial charge on any atom is 0.320 e. The average molecular weight is 245 g/mol. The predicted molar refractivity (Wildman–Crippen MR) is 59.5 cm³/mol. The minimum absolute atomic E-state index is 0.0119. The summed E-state index contributed by atoms with van der Waals surface area (Å²) in [5, 5.41) is 17.7. The fraction of sp³-hybridized carbons (Fsp3) is 0.818. The minimum Gasteiger partial charge on any atom is -0.481 e. The SMILES string of the molecule is N[C@@H](C[C@H](CC1CCOCC1)C(=O)O)C(=O)O. The lowest BCUT2D eigenvalue weighted by atomic mass is 9.86. The summed E-state index contributed by atoms with van der Waals surface area (Å²) in [6.07, 6.45) is 2.15. The van der Waals surface area contributed by atoms with Crippen LogP contribution in [-0.4, -0.2) is 41.4 Å². The molecule has 0 saturated carbocycles. The molecule has 1 aliphatic rings. The van der Waals surface area contributed by atoms with Crippen molar-refractivity contribution in [2.24, 2.45) is 17.6 Å². The minimum atomic E-state index is -1.15. The van der Waals surface area contributed by atoms with Crippen LogP contribution in [0.15, 0.2) is 0 Å². The summed E-state index contributed by atoms with van der Waals surface area (Å²) in [6, 6.07) is -1.10. The summed E-state index contributed by atoms with van der Waals surface area (Å²) in [6.45, 7) is 1.31. The smallest absolute Gasteiger partial charge is 0.320 e. The third kappa shape index (κ3) is 4.70. The van der Waals surface area contributed by atoms with Crippen molar-refractivity contribution in [3.05, 3.63) is 0 Å². The van der Waals surface area contributed by atoms with Gasteiger partial charge in [-0.3, -0.25) is 9.59 Å². The summed E-state index contributed by atoms with van der Waals surface area (Å²) < 4.78 is 5.19. The molecule has 0 bridgehead atoms. The van der Waals surface area contributed by atoms with Gasteiger partial charge in [0.2, 0.25) is 0 Å². The Bertz CT molecular complexity index is 275. The van der Waals surface area contributed by atoms with Gasteiger partial charge >= 0.3 is 11.9 Å². The van der Waals surface area contributed by atoms with Crippen LogP contribution >= 0.6 is 0 Å². The van der Waals surface area contributed by atoms with Gasteiger partial charge in [-0.15, -0.1) is 0 Å². The van der Waals surface area contributed by atoms with E-state index >= 15 is 0 Å². The molecule has 1 heterocycles. The Hall–Kier alpha value is -1.14. The molecule has 0 radical (unpaired) electrons. The number of nitrogens with two attached hydrogens (primary N) is 1. The first-order chi connectivity index (χ1) is 8.00. The molecular formula is C11H19NO5. The van der Waals surface area contributed by atoms with E-state index in [4.69, 9.17) is 20.7 Å². The molecule has 0 aromatic heterocycles. The highest BCUT2D eigenvalue weighted by molar-refractivity contribution is 5.75. The molecule has 0 aliphatic carbocycles. The van der Waals surface area contributed by atoms with Gasteiger partial charge in [0.15, 0.2) is 0 Å². The second-order valence-electron chi connectivity index (χ2n) is 4.51. The van der Waals surface area contributed by atoms with Gasteiger partial charge in [-0.2, -0.15) is 0 Å². The van der Waals surface area contributed by atoms with Gasteiger partial charge in [-0.05, 0) is 31.6 Å². The van der Waals surface area contributed by atoms with E-state index in [0.717, 1.165) is 12.8 Å². The van der Waals surface area contributed by atoms with E-state index in [2.05, 4.69) is 0 Å². The lowest BCUT2D eigenvalue weighted by molar-refractivity contribution is -0.144. The van der Waals surface area contributed by atoms with Gasteiger partial charge in [-0.1, -0.05) is 0 Å². The Morgan fingerprint density at radius 1 is 1.24 bits per heavy atom. The number of carbonyl (C=O) groups is 2. The second kappa shape index (κ2) is 6.56. The Labute approximate surface area is 99.7 Å². The number of carboxylic acid groups (broad SMARTS) is 2. The van der Waals surface area contributed by atoms with Crippen LogP contribution in [0.25, 0.3) is 0 Å². The van der Waals surface area contributed by atoms with E-state index in [1.165, 1.54) is 0 Å². The number of rotatable bonds is 6. The van der Waals surface area contributed by atoms with E-state index < -0.39 is 23.9 Å². The zero-order valence-electron chi connectivity index (χ0n) is 9.67. The highest BCUT2D eigenvalue weighted by Crippen LogP contribution is 2.25. The van der Waals surface area contributed by atoms with Crippen molar-refractivity contribution in [1.29, 1.82) is 0 Å². The average Bonchev–Trinajstić information content (AvgIpc) is 2.29. The quantitative estimate of drug-likeness (QED) is 0.621. The van der Waals surface area contributed by atoms with E-state index in [1.54, 1.807) is 0 Å². The van der Waals surface area contributed by atoms with Crippen LogP contribution in [0.3, 0.4) is 0 Å². The van der Waals surface area contributed by atoms with Gasteiger partial charge in [0, 0.05) is 13.2 Å². The lowest BCUT2D eigenvalue weighted by Crippen LogP contribution is -2.35.